The van der Waals surface area contributed by atoms with Gasteiger partial charge in [0, 0.05) is 11.4 Å². The van der Waals surface area contributed by atoms with Gasteiger partial charge in [-0.25, -0.2) is 8.78 Å². The van der Waals surface area contributed by atoms with Crippen molar-refractivity contribution in [1.29, 1.82) is 0 Å². The van der Waals surface area contributed by atoms with Gasteiger partial charge in [0.1, 0.15) is 6.61 Å². The van der Waals surface area contributed by atoms with E-state index in [4.69, 9.17) is 0 Å². The minimum atomic E-state index is -4.19. The molecule has 0 spiro atoms. The van der Waals surface area contributed by atoms with E-state index >= 15 is 0 Å². The van der Waals surface area contributed by atoms with Crippen molar-refractivity contribution in [2.45, 2.75) is 39.2 Å². The molecule has 1 amide bonds. The quantitative estimate of drug-likeness (QED) is 0.631. The lowest BCUT2D eigenvalue weighted by molar-refractivity contribution is -0.168. The maximum atomic E-state index is 12.8. The van der Waals surface area contributed by atoms with Gasteiger partial charge < -0.3 is 10.1 Å². The maximum absolute atomic E-state index is 12.8. The van der Waals surface area contributed by atoms with Crippen LogP contribution >= 0.6 is 0 Å². The van der Waals surface area contributed by atoms with E-state index < -0.39 is 24.9 Å². The van der Waals surface area contributed by atoms with Crippen LogP contribution in [0.2, 0.25) is 0 Å². The number of ether oxygens (including phenoxy) is 1. The summed E-state index contributed by atoms with van der Waals surface area (Å²) in [7, 11) is 0. The van der Waals surface area contributed by atoms with Crippen molar-refractivity contribution >= 4 is 11.6 Å². The first kappa shape index (κ1) is 20.9. The van der Waals surface area contributed by atoms with E-state index in [0.717, 1.165) is 12.1 Å². The van der Waals surface area contributed by atoms with Crippen LogP contribution in [0.15, 0.2) is 30.3 Å². The maximum Gasteiger partial charge on any atom is 0.330 e. The van der Waals surface area contributed by atoms with Gasteiger partial charge in [-0.2, -0.15) is 13.9 Å². The van der Waals surface area contributed by atoms with Crippen molar-refractivity contribution in [2.24, 2.45) is 5.92 Å². The zero-order valence-corrected chi connectivity index (χ0v) is 14.9. The third-order valence-electron chi connectivity index (χ3n) is 3.56. The summed E-state index contributed by atoms with van der Waals surface area (Å²) in [4.78, 5) is 12.2. The number of alkyl halides is 4. The van der Waals surface area contributed by atoms with E-state index in [2.05, 4.69) is 20.3 Å². The lowest BCUT2D eigenvalue weighted by Gasteiger charge is -2.15. The summed E-state index contributed by atoms with van der Waals surface area (Å²) < 4.78 is 54.5. The number of halogens is 4. The molecule has 148 valence electrons. The van der Waals surface area contributed by atoms with Gasteiger partial charge in [-0.3, -0.25) is 9.89 Å². The summed E-state index contributed by atoms with van der Waals surface area (Å²) in [5, 5.41) is 9.41. The smallest absolute Gasteiger partial charge is 0.330 e. The monoisotopic (exact) mass is 387 g/mol. The van der Waals surface area contributed by atoms with E-state index in [0.29, 0.717) is 17.2 Å². The Labute approximate surface area is 154 Å². The molecule has 2 aromatic rings. The highest BCUT2D eigenvalue weighted by Gasteiger charge is 2.40. The molecule has 2 N–H and O–H groups in total. The number of anilines is 1. The molecule has 0 unspecified atom stereocenters. The predicted octanol–water partition coefficient (Wildman–Crippen LogP) is 4.28. The third-order valence-corrected chi connectivity index (χ3v) is 3.56. The molecular formula is C18H21F4N3O2. The fraction of sp³-hybridized carbons (Fsp3) is 0.444. The third kappa shape index (κ3) is 6.35. The molecule has 9 heteroatoms. The van der Waals surface area contributed by atoms with Gasteiger partial charge in [-0.15, -0.1) is 0 Å². The number of nitrogens with one attached hydrogen (secondary N) is 2. The second kappa shape index (κ2) is 8.98. The van der Waals surface area contributed by atoms with E-state index in [9.17, 15) is 22.4 Å². The number of aromatic nitrogens is 2. The SMILES string of the molecule is CC(C)Cc1cc(C(=O)Nc2cccc(COCC(F)(F)C(F)F)c2)n[nH]1. The second-order valence-corrected chi connectivity index (χ2v) is 6.59. The Morgan fingerprint density at radius 3 is 2.70 bits per heavy atom. The number of aromatic amines is 1. The van der Waals surface area contributed by atoms with E-state index in [-0.39, 0.29) is 12.3 Å². The number of hydrogen-bond donors (Lipinski definition) is 2. The number of amides is 1. The van der Waals surface area contributed by atoms with Crippen molar-refractivity contribution in [1.82, 2.24) is 10.2 Å². The molecule has 0 aliphatic rings. The molecule has 0 aliphatic carbocycles. The summed E-state index contributed by atoms with van der Waals surface area (Å²) >= 11 is 0. The lowest BCUT2D eigenvalue weighted by Crippen LogP contribution is -2.32. The number of benzene rings is 1. The van der Waals surface area contributed by atoms with Crippen LogP contribution in [0.4, 0.5) is 23.2 Å². The molecule has 0 saturated heterocycles. The Hall–Kier alpha value is -2.42. The van der Waals surface area contributed by atoms with Crippen LogP contribution in [0.1, 0.15) is 35.6 Å². The van der Waals surface area contributed by atoms with Crippen LogP contribution in [0.3, 0.4) is 0 Å². The fourth-order valence-electron chi connectivity index (χ4n) is 2.32. The topological polar surface area (TPSA) is 67.0 Å². The van der Waals surface area contributed by atoms with E-state index in [1.54, 1.807) is 24.3 Å². The molecule has 1 heterocycles. The Bertz CT molecular complexity index is 763. The van der Waals surface area contributed by atoms with Crippen LogP contribution in [0, 0.1) is 5.92 Å². The minimum Gasteiger partial charge on any atom is -0.370 e. The summed E-state index contributed by atoms with van der Waals surface area (Å²) in [5.41, 5.74) is 1.94. The Kier molecular flexibility index (Phi) is 6.95. The van der Waals surface area contributed by atoms with Gasteiger partial charge >= 0.3 is 12.3 Å². The number of rotatable bonds is 9. The van der Waals surface area contributed by atoms with Crippen molar-refractivity contribution in [3.05, 3.63) is 47.3 Å². The van der Waals surface area contributed by atoms with Gasteiger partial charge in [-0.05, 0) is 36.1 Å². The first-order chi connectivity index (χ1) is 12.7. The van der Waals surface area contributed by atoms with Gasteiger partial charge in [0.05, 0.1) is 6.61 Å². The molecule has 0 atom stereocenters. The zero-order valence-electron chi connectivity index (χ0n) is 14.9. The summed E-state index contributed by atoms with van der Waals surface area (Å²) in [5.74, 6) is -4.21. The van der Waals surface area contributed by atoms with Crippen molar-refractivity contribution in [2.75, 3.05) is 11.9 Å². The largest absolute Gasteiger partial charge is 0.370 e. The molecule has 0 aliphatic heterocycles. The molecule has 27 heavy (non-hydrogen) atoms. The first-order valence-corrected chi connectivity index (χ1v) is 8.35. The van der Waals surface area contributed by atoms with Crippen LogP contribution in [0.5, 0.6) is 0 Å². The molecule has 1 aromatic heterocycles. The molecule has 0 fully saturated rings. The standard InChI is InChI=1S/C18H21F4N3O2/c1-11(2)6-14-8-15(25-24-14)16(26)23-13-5-3-4-12(7-13)9-27-10-18(21,22)17(19)20/h3-5,7-8,11,17H,6,9-10H2,1-2H3,(H,23,26)(H,24,25). The Morgan fingerprint density at radius 1 is 1.30 bits per heavy atom. The Morgan fingerprint density at radius 2 is 2.04 bits per heavy atom. The Balaban J connectivity index is 1.93. The van der Waals surface area contributed by atoms with Gasteiger partial charge in [0.2, 0.25) is 0 Å². The first-order valence-electron chi connectivity index (χ1n) is 8.35. The van der Waals surface area contributed by atoms with E-state index in [1.165, 1.54) is 6.07 Å². The summed E-state index contributed by atoms with van der Waals surface area (Å²) in [6, 6.07) is 7.95. The lowest BCUT2D eigenvalue weighted by atomic mass is 10.1. The normalized spacial score (nSPS) is 12.0. The summed E-state index contributed by atoms with van der Waals surface area (Å²) in [6.45, 7) is 2.43. The molecule has 5 nitrogen and oxygen atoms in total. The number of carbonyl (C=O) groups is 1. The minimum absolute atomic E-state index is 0.226. The van der Waals surface area contributed by atoms with E-state index in [1.807, 2.05) is 13.8 Å². The molecule has 0 bridgehead atoms. The van der Waals surface area contributed by atoms with Crippen LogP contribution in [-0.4, -0.2) is 35.1 Å². The van der Waals surface area contributed by atoms with Crippen molar-refractivity contribution in [3.8, 4) is 0 Å². The highest BCUT2D eigenvalue weighted by atomic mass is 19.3. The second-order valence-electron chi connectivity index (χ2n) is 6.59. The van der Waals surface area contributed by atoms with Crippen LogP contribution in [-0.2, 0) is 17.8 Å². The predicted molar refractivity (Wildman–Crippen MR) is 92.1 cm³/mol. The van der Waals surface area contributed by atoms with Gasteiger partial charge in [0.15, 0.2) is 5.69 Å². The number of H-pyrrole nitrogens is 1. The average Bonchev–Trinajstić information content (AvgIpc) is 3.02. The average molecular weight is 387 g/mol. The molecule has 0 radical (unpaired) electrons. The van der Waals surface area contributed by atoms with Crippen LogP contribution in [0.25, 0.3) is 0 Å². The fourth-order valence-corrected chi connectivity index (χ4v) is 2.32. The molecule has 2 rings (SSSR count). The highest BCUT2D eigenvalue weighted by Crippen LogP contribution is 2.23. The summed E-state index contributed by atoms with van der Waals surface area (Å²) in [6.07, 6.45) is -3.02. The van der Waals surface area contributed by atoms with Crippen molar-refractivity contribution in [3.63, 3.8) is 0 Å². The molecular weight excluding hydrogens is 366 g/mol. The van der Waals surface area contributed by atoms with Gasteiger partial charge in [-0.1, -0.05) is 26.0 Å². The van der Waals surface area contributed by atoms with Crippen LogP contribution < -0.4 is 5.32 Å². The van der Waals surface area contributed by atoms with Gasteiger partial charge in [0.25, 0.3) is 5.91 Å². The number of carbonyl (C=O) groups excluding carboxylic acids is 1. The molecule has 1 aromatic carbocycles. The highest BCUT2D eigenvalue weighted by molar-refractivity contribution is 6.02. The number of hydrogen-bond acceptors (Lipinski definition) is 3. The number of nitrogens with zero attached hydrogens (tertiary/aromatic N) is 1. The zero-order chi connectivity index (χ0) is 20.0. The molecule has 0 saturated carbocycles. The van der Waals surface area contributed by atoms with Crippen molar-refractivity contribution < 1.29 is 27.1 Å².